The molecular weight excluding hydrogens is 295 g/mol. The fourth-order valence-electron chi connectivity index (χ4n) is 2.46. The van der Waals surface area contributed by atoms with E-state index in [2.05, 4.69) is 15.5 Å². The monoisotopic (exact) mass is 314 g/mol. The van der Waals surface area contributed by atoms with Gasteiger partial charge in [0, 0.05) is 25.1 Å². The van der Waals surface area contributed by atoms with Crippen LogP contribution in [-0.2, 0) is 11.3 Å². The van der Waals surface area contributed by atoms with E-state index in [1.54, 1.807) is 25.4 Å². The second-order valence-corrected chi connectivity index (χ2v) is 5.79. The molecule has 1 N–H and O–H groups in total. The molecule has 1 aromatic carbocycles. The number of hydrogen-bond donors (Lipinski definition) is 1. The van der Waals surface area contributed by atoms with Crippen molar-refractivity contribution in [2.75, 3.05) is 6.54 Å². The van der Waals surface area contributed by atoms with E-state index < -0.39 is 0 Å². The maximum atomic E-state index is 13.2. The Morgan fingerprint density at radius 1 is 1.48 bits per heavy atom. The van der Waals surface area contributed by atoms with Crippen LogP contribution >= 0.6 is 0 Å². The first-order valence-corrected chi connectivity index (χ1v) is 7.73. The number of halogens is 1. The zero-order valence-electron chi connectivity index (χ0n) is 13.0. The molecule has 5 nitrogen and oxygen atoms in total. The Kier molecular flexibility index (Phi) is 4.50. The van der Waals surface area contributed by atoms with Crippen molar-refractivity contribution in [1.82, 2.24) is 20.1 Å². The van der Waals surface area contributed by atoms with E-state index in [0.717, 1.165) is 11.4 Å². The molecule has 0 aliphatic heterocycles. The summed E-state index contributed by atoms with van der Waals surface area (Å²) in [6.07, 6.45) is 5.53. The Balaban J connectivity index is 1.53. The van der Waals surface area contributed by atoms with Crippen LogP contribution in [0, 0.1) is 5.82 Å². The van der Waals surface area contributed by atoms with Gasteiger partial charge in [-0.15, -0.1) is 10.2 Å². The molecular formula is C17H19FN4O. The lowest BCUT2D eigenvalue weighted by atomic mass is 10.1. The van der Waals surface area contributed by atoms with Gasteiger partial charge >= 0.3 is 0 Å². The van der Waals surface area contributed by atoms with Crippen LogP contribution in [-0.4, -0.2) is 27.2 Å². The van der Waals surface area contributed by atoms with Gasteiger partial charge in [0.05, 0.1) is 0 Å². The predicted molar refractivity (Wildman–Crippen MR) is 85.1 cm³/mol. The van der Waals surface area contributed by atoms with Gasteiger partial charge < -0.3 is 9.88 Å². The summed E-state index contributed by atoms with van der Waals surface area (Å²) in [6, 6.07) is 6.21. The highest BCUT2D eigenvalue weighted by Gasteiger charge is 2.28. The number of aromatic nitrogens is 3. The normalized spacial score (nSPS) is 14.8. The molecule has 1 saturated carbocycles. The first-order valence-electron chi connectivity index (χ1n) is 7.73. The highest BCUT2D eigenvalue weighted by Crippen LogP contribution is 2.38. The maximum absolute atomic E-state index is 13.2. The van der Waals surface area contributed by atoms with Crippen LogP contribution in [0.15, 0.2) is 36.7 Å². The number of carbonyl (C=O) groups excluding carboxylic acids is 1. The van der Waals surface area contributed by atoms with Crippen LogP contribution in [0.25, 0.3) is 5.57 Å². The SMILES string of the molecule is CC(=CC(=O)NCCn1cnnc1C1CC1)c1cccc(F)c1. The van der Waals surface area contributed by atoms with Gasteiger partial charge in [-0.25, -0.2) is 4.39 Å². The molecule has 0 bridgehead atoms. The van der Waals surface area contributed by atoms with Crippen LogP contribution in [0.4, 0.5) is 4.39 Å². The minimum absolute atomic E-state index is 0.187. The topological polar surface area (TPSA) is 59.8 Å². The second-order valence-electron chi connectivity index (χ2n) is 5.79. The number of benzene rings is 1. The molecule has 23 heavy (non-hydrogen) atoms. The standard InChI is InChI=1S/C17H19FN4O/c1-12(14-3-2-4-15(18)10-14)9-16(23)19-7-8-22-11-20-21-17(22)13-5-6-13/h2-4,9-11,13H,5-8H2,1H3,(H,19,23). The van der Waals surface area contributed by atoms with E-state index >= 15 is 0 Å². The summed E-state index contributed by atoms with van der Waals surface area (Å²) >= 11 is 0. The fourth-order valence-corrected chi connectivity index (χ4v) is 2.46. The van der Waals surface area contributed by atoms with E-state index in [0.29, 0.717) is 24.6 Å². The van der Waals surface area contributed by atoms with Gasteiger partial charge in [-0.2, -0.15) is 0 Å². The van der Waals surface area contributed by atoms with E-state index in [4.69, 9.17) is 0 Å². The van der Waals surface area contributed by atoms with Gasteiger partial charge in [0.15, 0.2) is 0 Å². The van der Waals surface area contributed by atoms with Crippen molar-refractivity contribution in [3.8, 4) is 0 Å². The number of allylic oxidation sites excluding steroid dienone is 1. The number of nitrogens with one attached hydrogen (secondary N) is 1. The van der Waals surface area contributed by atoms with Crippen LogP contribution in [0.3, 0.4) is 0 Å². The zero-order chi connectivity index (χ0) is 16.2. The molecule has 1 aliphatic rings. The van der Waals surface area contributed by atoms with Crippen LogP contribution in [0.5, 0.6) is 0 Å². The van der Waals surface area contributed by atoms with E-state index in [1.807, 2.05) is 4.57 Å². The lowest BCUT2D eigenvalue weighted by Gasteiger charge is -2.07. The van der Waals surface area contributed by atoms with E-state index in [1.165, 1.54) is 31.1 Å². The second kappa shape index (κ2) is 6.73. The molecule has 1 aliphatic carbocycles. The fraction of sp³-hybridized carbons (Fsp3) is 0.353. The third-order valence-electron chi connectivity index (χ3n) is 3.87. The van der Waals surface area contributed by atoms with Gasteiger partial charge in [-0.1, -0.05) is 12.1 Å². The predicted octanol–water partition coefficient (Wildman–Crippen LogP) is 2.51. The van der Waals surface area contributed by atoms with Crippen LogP contribution in [0.2, 0.25) is 0 Å². The highest BCUT2D eigenvalue weighted by atomic mass is 19.1. The van der Waals surface area contributed by atoms with Gasteiger partial charge in [-0.3, -0.25) is 4.79 Å². The molecule has 0 atom stereocenters. The Morgan fingerprint density at radius 2 is 2.30 bits per heavy atom. The molecule has 0 unspecified atom stereocenters. The van der Waals surface area contributed by atoms with Crippen molar-refractivity contribution in [2.24, 2.45) is 0 Å². The molecule has 6 heteroatoms. The van der Waals surface area contributed by atoms with Crippen molar-refractivity contribution >= 4 is 11.5 Å². The van der Waals surface area contributed by atoms with Gasteiger partial charge in [0.25, 0.3) is 0 Å². The molecule has 1 amide bonds. The summed E-state index contributed by atoms with van der Waals surface area (Å²) < 4.78 is 15.2. The average molecular weight is 314 g/mol. The Morgan fingerprint density at radius 3 is 3.04 bits per heavy atom. The maximum Gasteiger partial charge on any atom is 0.244 e. The summed E-state index contributed by atoms with van der Waals surface area (Å²) in [6.45, 7) is 2.94. The molecule has 0 spiro atoms. The zero-order valence-corrected chi connectivity index (χ0v) is 13.0. The van der Waals surface area contributed by atoms with E-state index in [-0.39, 0.29) is 11.7 Å². The summed E-state index contributed by atoms with van der Waals surface area (Å²) in [4.78, 5) is 11.9. The minimum atomic E-state index is -0.309. The van der Waals surface area contributed by atoms with E-state index in [9.17, 15) is 9.18 Å². The summed E-state index contributed by atoms with van der Waals surface area (Å²) in [7, 11) is 0. The van der Waals surface area contributed by atoms with Crippen molar-refractivity contribution < 1.29 is 9.18 Å². The number of rotatable bonds is 6. The quantitative estimate of drug-likeness (QED) is 0.834. The van der Waals surface area contributed by atoms with Gasteiger partial charge in [0.1, 0.15) is 18.0 Å². The smallest absolute Gasteiger partial charge is 0.244 e. The Labute approximate surface area is 134 Å². The molecule has 1 fully saturated rings. The largest absolute Gasteiger partial charge is 0.351 e. The number of carbonyl (C=O) groups is 1. The van der Waals surface area contributed by atoms with Gasteiger partial charge in [0.2, 0.25) is 5.91 Å². The third-order valence-corrected chi connectivity index (χ3v) is 3.87. The lowest BCUT2D eigenvalue weighted by Crippen LogP contribution is -2.26. The Hall–Kier alpha value is -2.50. The number of amides is 1. The van der Waals surface area contributed by atoms with Crippen LogP contribution in [0.1, 0.15) is 37.1 Å². The first kappa shape index (κ1) is 15.4. The molecule has 0 radical (unpaired) electrons. The first-order chi connectivity index (χ1) is 11.1. The molecule has 0 saturated heterocycles. The van der Waals surface area contributed by atoms with Crippen molar-refractivity contribution in [3.63, 3.8) is 0 Å². The molecule has 2 aromatic rings. The number of nitrogens with zero attached hydrogens (tertiary/aromatic N) is 3. The molecule has 120 valence electrons. The number of hydrogen-bond acceptors (Lipinski definition) is 3. The van der Waals surface area contributed by atoms with Crippen LogP contribution < -0.4 is 5.32 Å². The highest BCUT2D eigenvalue weighted by molar-refractivity contribution is 5.94. The Bertz CT molecular complexity index is 734. The molecule has 1 aromatic heterocycles. The third kappa shape index (κ3) is 4.03. The molecule has 1 heterocycles. The summed E-state index contributed by atoms with van der Waals surface area (Å²) in [5, 5.41) is 10.9. The van der Waals surface area contributed by atoms with Crippen molar-refractivity contribution in [1.29, 1.82) is 0 Å². The minimum Gasteiger partial charge on any atom is -0.351 e. The summed E-state index contributed by atoms with van der Waals surface area (Å²) in [5.74, 6) is 1.04. The van der Waals surface area contributed by atoms with Gasteiger partial charge in [-0.05, 0) is 43.0 Å². The van der Waals surface area contributed by atoms with Crippen molar-refractivity contribution in [3.05, 3.63) is 53.9 Å². The lowest BCUT2D eigenvalue weighted by molar-refractivity contribution is -0.116. The molecule has 3 rings (SSSR count). The average Bonchev–Trinajstić information content (AvgIpc) is 3.26. The summed E-state index contributed by atoms with van der Waals surface area (Å²) in [5.41, 5.74) is 1.43. The van der Waals surface area contributed by atoms with Crippen molar-refractivity contribution in [2.45, 2.75) is 32.2 Å².